The van der Waals surface area contributed by atoms with Crippen molar-refractivity contribution in [3.05, 3.63) is 53.6 Å². The molecule has 0 bridgehead atoms. The van der Waals surface area contributed by atoms with Crippen molar-refractivity contribution in [1.82, 2.24) is 5.43 Å². The van der Waals surface area contributed by atoms with Crippen LogP contribution in [0.3, 0.4) is 0 Å². The summed E-state index contributed by atoms with van der Waals surface area (Å²) in [4.78, 5) is 23.7. The highest BCUT2D eigenvalue weighted by molar-refractivity contribution is 5.93. The van der Waals surface area contributed by atoms with Gasteiger partial charge in [-0.3, -0.25) is 9.59 Å². The molecule has 2 amide bonds. The molecule has 0 saturated carbocycles. The van der Waals surface area contributed by atoms with Crippen molar-refractivity contribution in [3.8, 4) is 11.5 Å². The zero-order chi connectivity index (χ0) is 18.4. The van der Waals surface area contributed by atoms with E-state index in [1.807, 2.05) is 25.1 Å². The lowest BCUT2D eigenvalue weighted by Gasteiger charge is -2.05. The van der Waals surface area contributed by atoms with Crippen molar-refractivity contribution in [2.75, 3.05) is 12.1 Å². The number of anilines is 1. The van der Waals surface area contributed by atoms with Gasteiger partial charge in [-0.2, -0.15) is 5.10 Å². The van der Waals surface area contributed by atoms with Crippen LogP contribution in [-0.2, 0) is 9.59 Å². The smallest absolute Gasteiger partial charge is 0.240 e. The first-order valence-corrected chi connectivity index (χ1v) is 8.18. The number of carbonyl (C=O) groups excluding carboxylic acids is 2. The summed E-state index contributed by atoms with van der Waals surface area (Å²) in [6.07, 6.45) is 1.64. The van der Waals surface area contributed by atoms with E-state index < -0.39 is 0 Å². The second-order valence-electron chi connectivity index (χ2n) is 5.82. The van der Waals surface area contributed by atoms with Gasteiger partial charge in [0.2, 0.25) is 18.6 Å². The highest BCUT2D eigenvalue weighted by Crippen LogP contribution is 2.31. The molecule has 1 aliphatic heterocycles. The van der Waals surface area contributed by atoms with Crippen LogP contribution >= 0.6 is 0 Å². The number of nitrogens with one attached hydrogen (secondary N) is 2. The molecule has 2 aromatic carbocycles. The van der Waals surface area contributed by atoms with Gasteiger partial charge in [-0.1, -0.05) is 12.1 Å². The van der Waals surface area contributed by atoms with Gasteiger partial charge in [0.1, 0.15) is 0 Å². The Morgan fingerprint density at radius 3 is 2.73 bits per heavy atom. The molecule has 0 radical (unpaired) electrons. The molecule has 7 nitrogen and oxygen atoms in total. The van der Waals surface area contributed by atoms with Crippen LogP contribution in [0.15, 0.2) is 47.6 Å². The Kier molecular flexibility index (Phi) is 5.48. The van der Waals surface area contributed by atoms with Gasteiger partial charge < -0.3 is 14.8 Å². The van der Waals surface area contributed by atoms with E-state index in [0.29, 0.717) is 11.5 Å². The highest BCUT2D eigenvalue weighted by Gasteiger charge is 2.12. The quantitative estimate of drug-likeness (QED) is 0.617. The fourth-order valence-electron chi connectivity index (χ4n) is 2.40. The van der Waals surface area contributed by atoms with Crippen LogP contribution < -0.4 is 20.2 Å². The summed E-state index contributed by atoms with van der Waals surface area (Å²) in [6.45, 7) is 2.15. The maximum absolute atomic E-state index is 11.9. The summed E-state index contributed by atoms with van der Waals surface area (Å²) in [5.74, 6) is 0.783. The van der Waals surface area contributed by atoms with Crippen LogP contribution in [0.1, 0.15) is 24.0 Å². The average molecular weight is 353 g/mol. The maximum Gasteiger partial charge on any atom is 0.240 e. The van der Waals surface area contributed by atoms with Crippen LogP contribution in [-0.4, -0.2) is 24.8 Å². The van der Waals surface area contributed by atoms with Crippen LogP contribution in [0.5, 0.6) is 11.5 Å². The third-order valence-corrected chi connectivity index (χ3v) is 3.68. The lowest BCUT2D eigenvalue weighted by atomic mass is 10.2. The van der Waals surface area contributed by atoms with Crippen LogP contribution in [0, 0.1) is 6.92 Å². The molecule has 0 aliphatic carbocycles. The fraction of sp³-hybridized carbons (Fsp3) is 0.211. The van der Waals surface area contributed by atoms with Gasteiger partial charge in [0.15, 0.2) is 11.5 Å². The Labute approximate surface area is 151 Å². The van der Waals surface area contributed by atoms with E-state index in [1.165, 1.54) is 6.21 Å². The Bertz CT molecular complexity index is 848. The molecular weight excluding hydrogens is 334 g/mol. The van der Waals surface area contributed by atoms with E-state index in [-0.39, 0.29) is 31.4 Å². The second kappa shape index (κ2) is 8.15. The molecule has 0 spiro atoms. The van der Waals surface area contributed by atoms with E-state index in [2.05, 4.69) is 15.8 Å². The Balaban J connectivity index is 1.42. The molecule has 0 atom stereocenters. The Morgan fingerprint density at radius 2 is 1.88 bits per heavy atom. The minimum Gasteiger partial charge on any atom is -0.454 e. The van der Waals surface area contributed by atoms with E-state index in [1.54, 1.807) is 24.3 Å². The summed E-state index contributed by atoms with van der Waals surface area (Å²) in [5.41, 5.74) is 4.95. The minimum atomic E-state index is -0.332. The molecule has 1 aliphatic rings. The van der Waals surface area contributed by atoms with E-state index in [9.17, 15) is 9.59 Å². The van der Waals surface area contributed by atoms with Gasteiger partial charge in [-0.05, 0) is 48.4 Å². The monoisotopic (exact) mass is 353 g/mol. The topological polar surface area (TPSA) is 89.0 Å². The van der Waals surface area contributed by atoms with Gasteiger partial charge >= 0.3 is 0 Å². The molecule has 0 aromatic heterocycles. The largest absolute Gasteiger partial charge is 0.454 e. The Hall–Kier alpha value is -3.35. The number of aryl methyl sites for hydroxylation is 1. The minimum absolute atomic E-state index is 0.0517. The predicted octanol–water partition coefficient (Wildman–Crippen LogP) is 2.59. The zero-order valence-electron chi connectivity index (χ0n) is 14.3. The van der Waals surface area contributed by atoms with Gasteiger partial charge in [0.05, 0.1) is 6.21 Å². The van der Waals surface area contributed by atoms with Crippen molar-refractivity contribution in [2.45, 2.75) is 19.8 Å². The normalized spacial score (nSPS) is 12.2. The standard InChI is InChI=1S/C19H19N3O4/c1-13-3-2-4-15(9-13)21-18(23)7-8-19(24)22-20-11-14-5-6-16-17(10-14)26-12-25-16/h2-6,9-11H,7-8,12H2,1H3,(H,21,23)(H,22,24)/b20-11+. The number of ether oxygens (including phenoxy) is 2. The van der Waals surface area contributed by atoms with Crippen LogP contribution in [0.2, 0.25) is 0 Å². The summed E-state index contributed by atoms with van der Waals surface area (Å²) in [7, 11) is 0. The van der Waals surface area contributed by atoms with Crippen LogP contribution in [0.4, 0.5) is 5.69 Å². The number of hydrogen-bond donors (Lipinski definition) is 2. The summed E-state index contributed by atoms with van der Waals surface area (Å²) in [5, 5.41) is 6.65. The Morgan fingerprint density at radius 1 is 1.08 bits per heavy atom. The molecule has 0 fully saturated rings. The molecule has 1 heterocycles. The van der Waals surface area contributed by atoms with Crippen molar-refractivity contribution in [1.29, 1.82) is 0 Å². The van der Waals surface area contributed by atoms with Gasteiger partial charge in [-0.25, -0.2) is 5.43 Å². The summed E-state index contributed by atoms with van der Waals surface area (Å²) >= 11 is 0. The van der Waals surface area contributed by atoms with Crippen LogP contribution in [0.25, 0.3) is 0 Å². The first-order chi connectivity index (χ1) is 12.6. The molecule has 2 N–H and O–H groups in total. The lowest BCUT2D eigenvalue weighted by molar-refractivity contribution is -0.124. The molecule has 2 aromatic rings. The summed E-state index contributed by atoms with van der Waals surface area (Å²) in [6, 6.07) is 12.8. The van der Waals surface area contributed by atoms with Crippen molar-refractivity contribution in [3.63, 3.8) is 0 Å². The number of hydrazone groups is 1. The first kappa shape index (κ1) is 17.5. The molecule has 0 saturated heterocycles. The molecule has 3 rings (SSSR count). The number of benzene rings is 2. The molecule has 134 valence electrons. The number of amides is 2. The van der Waals surface area contributed by atoms with E-state index in [4.69, 9.17) is 9.47 Å². The van der Waals surface area contributed by atoms with E-state index in [0.717, 1.165) is 16.8 Å². The SMILES string of the molecule is Cc1cccc(NC(=O)CCC(=O)N/N=C/c2ccc3c(c2)OCO3)c1. The predicted molar refractivity (Wildman–Crippen MR) is 97.3 cm³/mol. The lowest BCUT2D eigenvalue weighted by Crippen LogP contribution is -2.20. The number of carbonyl (C=O) groups is 2. The van der Waals surface area contributed by atoms with Gasteiger partial charge in [0, 0.05) is 18.5 Å². The summed E-state index contributed by atoms with van der Waals surface area (Å²) < 4.78 is 10.5. The maximum atomic E-state index is 11.9. The van der Waals surface area contributed by atoms with E-state index >= 15 is 0 Å². The van der Waals surface area contributed by atoms with Crippen molar-refractivity contribution < 1.29 is 19.1 Å². The third kappa shape index (κ3) is 4.83. The van der Waals surface area contributed by atoms with Gasteiger partial charge in [-0.15, -0.1) is 0 Å². The zero-order valence-corrected chi connectivity index (χ0v) is 14.3. The third-order valence-electron chi connectivity index (χ3n) is 3.68. The first-order valence-electron chi connectivity index (χ1n) is 8.18. The number of rotatable bonds is 6. The molecule has 0 unspecified atom stereocenters. The highest BCUT2D eigenvalue weighted by atomic mass is 16.7. The van der Waals surface area contributed by atoms with Crippen molar-refractivity contribution >= 4 is 23.7 Å². The fourth-order valence-corrected chi connectivity index (χ4v) is 2.40. The van der Waals surface area contributed by atoms with Crippen molar-refractivity contribution in [2.24, 2.45) is 5.10 Å². The average Bonchev–Trinajstić information content (AvgIpc) is 3.08. The number of nitrogens with zero attached hydrogens (tertiary/aromatic N) is 1. The molecule has 7 heteroatoms. The van der Waals surface area contributed by atoms with Gasteiger partial charge in [0.25, 0.3) is 0 Å². The second-order valence-corrected chi connectivity index (χ2v) is 5.82. The molecular formula is C19H19N3O4. The molecule has 26 heavy (non-hydrogen) atoms. The number of fused-ring (bicyclic) bond motifs is 1. The number of hydrogen-bond acceptors (Lipinski definition) is 5.